The third kappa shape index (κ3) is 17.7. The van der Waals surface area contributed by atoms with Gasteiger partial charge in [-0.05, 0) is 36.7 Å². The third-order valence-electron chi connectivity index (χ3n) is 15.6. The Hall–Kier alpha value is -6.67. The van der Waals surface area contributed by atoms with Crippen molar-refractivity contribution in [2.75, 3.05) is 73.8 Å². The third-order valence-corrected chi connectivity index (χ3v) is 16.9. The minimum atomic E-state index is -1.24. The fraction of sp³-hybridized carbons (Fsp3) is 0.679. The number of carbonyl (C=O) groups excluding carboxylic acids is 7. The van der Waals surface area contributed by atoms with Crippen molar-refractivity contribution in [1.29, 1.82) is 0 Å². The summed E-state index contributed by atoms with van der Waals surface area (Å²) in [6.45, 7) is 13.3. The summed E-state index contributed by atoms with van der Waals surface area (Å²) in [6, 6.07) is 4.90. The first-order valence-corrected chi connectivity index (χ1v) is 29.3. The Labute approximate surface area is 485 Å². The van der Waals surface area contributed by atoms with E-state index < -0.39 is 89.2 Å². The van der Waals surface area contributed by atoms with Crippen molar-refractivity contribution in [3.63, 3.8) is 0 Å². The van der Waals surface area contributed by atoms with E-state index in [2.05, 4.69) is 25.8 Å². The molecule has 0 spiro atoms. The highest BCUT2D eigenvalue weighted by Crippen LogP contribution is 2.31. The summed E-state index contributed by atoms with van der Waals surface area (Å²) in [5.41, 5.74) is 1.14. The number of aliphatic carboxylic acids is 2. The molecule has 0 saturated carbocycles. The number of carboxylic acid groups (broad SMARTS) is 2. The van der Waals surface area contributed by atoms with Gasteiger partial charge in [-0.1, -0.05) is 76.6 Å². The van der Waals surface area contributed by atoms with Crippen LogP contribution in [0.4, 0.5) is 0 Å². The van der Waals surface area contributed by atoms with E-state index in [1.807, 2.05) is 64.9 Å². The number of carbonyl (C=O) groups is 9. The number of aryl methyl sites for hydroxylation is 1. The van der Waals surface area contributed by atoms with E-state index in [4.69, 9.17) is 14.5 Å². The summed E-state index contributed by atoms with van der Waals surface area (Å²) in [5, 5.41) is 31.9. The number of thioether (sulfide) groups is 1. The molecule has 454 valence electrons. The zero-order valence-corrected chi connectivity index (χ0v) is 50.2. The summed E-state index contributed by atoms with van der Waals surface area (Å²) in [5.74, 6) is -5.39. The number of likely N-dealkylation sites (N-methyl/N-ethyl adjacent to an activating group) is 1. The molecule has 0 bridgehead atoms. The van der Waals surface area contributed by atoms with Gasteiger partial charge in [0.15, 0.2) is 5.96 Å². The standard InChI is InChI=1S/C56H86N12O13S/c1-12-35(4)49(43(80-10)29-46(71)67-23-16-20-42(67)50(81-11)36(5)51(73)58-40(54(76)77)28-38-18-14-13-15-19-38)63(9)53(75)48(34(2)3)59-56(62(7)8)65-26-24-64(25-27-65)45(70)21-17-22-66-31-39(60-61-66)32-68-47(72)30-44(52(68)74)82-33-41(55(78)79)57-37(6)69/h13-15,18-19,31,34-36,40-44,48-50H,12,16-17,20-30,32-33H2,1-11H3,(H,57,69)(H,58,73)(H,76,77)(H,78,79)/b59-56-/t35-,36+,40-,41-,42-,43+,44?,48-,49-,50+/m0/s1. The van der Waals surface area contributed by atoms with Crippen LogP contribution in [0.3, 0.4) is 0 Å². The van der Waals surface area contributed by atoms with E-state index in [9.17, 15) is 53.4 Å². The quantitative estimate of drug-likeness (QED) is 0.0513. The first-order chi connectivity index (χ1) is 38.9. The molecule has 10 atom stereocenters. The average Bonchev–Trinajstić information content (AvgIpc) is 4.26. The van der Waals surface area contributed by atoms with Gasteiger partial charge in [-0.2, -0.15) is 0 Å². The van der Waals surface area contributed by atoms with E-state index in [-0.39, 0.29) is 67.5 Å². The van der Waals surface area contributed by atoms with E-state index >= 15 is 0 Å². The van der Waals surface area contributed by atoms with Crippen LogP contribution in [0, 0.1) is 17.8 Å². The largest absolute Gasteiger partial charge is 0.480 e. The topological polar surface area (TPSA) is 299 Å². The molecule has 26 heteroatoms. The van der Waals surface area contributed by atoms with Crippen LogP contribution in [-0.2, 0) is 72.1 Å². The molecule has 2 aromatic rings. The summed E-state index contributed by atoms with van der Waals surface area (Å²) >= 11 is 0.998. The number of guanidine groups is 1. The smallest absolute Gasteiger partial charge is 0.327 e. The molecule has 3 aliphatic heterocycles. The van der Waals surface area contributed by atoms with Crippen molar-refractivity contribution in [2.45, 2.75) is 154 Å². The van der Waals surface area contributed by atoms with E-state index in [0.717, 1.165) is 22.2 Å². The number of aliphatic imine (C=N–C) groups is 1. The van der Waals surface area contributed by atoms with E-state index in [0.29, 0.717) is 76.6 Å². The van der Waals surface area contributed by atoms with Gasteiger partial charge in [0.25, 0.3) is 0 Å². The molecule has 7 amide bonds. The zero-order chi connectivity index (χ0) is 60.5. The molecular weight excluding hydrogens is 1080 g/mol. The predicted octanol–water partition coefficient (Wildman–Crippen LogP) is 1.83. The molecule has 4 heterocycles. The van der Waals surface area contributed by atoms with Gasteiger partial charge in [0.1, 0.15) is 23.8 Å². The normalized spacial score (nSPS) is 19.7. The van der Waals surface area contributed by atoms with Crippen molar-refractivity contribution < 1.29 is 62.8 Å². The van der Waals surface area contributed by atoms with Crippen molar-refractivity contribution >= 4 is 71.0 Å². The minimum Gasteiger partial charge on any atom is -0.480 e. The van der Waals surface area contributed by atoms with E-state index in [1.165, 1.54) is 21.1 Å². The van der Waals surface area contributed by atoms with Gasteiger partial charge in [0.2, 0.25) is 41.4 Å². The molecule has 3 saturated heterocycles. The number of aromatic nitrogens is 3. The molecule has 0 aliphatic carbocycles. The lowest BCUT2D eigenvalue weighted by Crippen LogP contribution is -2.56. The minimum absolute atomic E-state index is 0.0375. The van der Waals surface area contributed by atoms with Crippen LogP contribution >= 0.6 is 11.8 Å². The highest BCUT2D eigenvalue weighted by molar-refractivity contribution is 8.00. The predicted molar refractivity (Wildman–Crippen MR) is 305 cm³/mol. The lowest BCUT2D eigenvalue weighted by Gasteiger charge is -2.41. The molecule has 1 aromatic heterocycles. The maximum absolute atomic E-state index is 14.9. The highest BCUT2D eigenvalue weighted by Gasteiger charge is 2.44. The number of hydrogen-bond donors (Lipinski definition) is 4. The Morgan fingerprint density at radius 1 is 0.878 bits per heavy atom. The van der Waals surface area contributed by atoms with Crippen molar-refractivity contribution in [2.24, 2.45) is 22.7 Å². The summed E-state index contributed by atoms with van der Waals surface area (Å²) in [7, 11) is 8.49. The first kappa shape index (κ1) is 66.1. The summed E-state index contributed by atoms with van der Waals surface area (Å²) in [6.07, 6.45) is 2.76. The van der Waals surface area contributed by atoms with Crippen LogP contribution in [-0.4, -0.2) is 235 Å². The number of nitrogens with zero attached hydrogens (tertiary/aromatic N) is 10. The number of likely N-dealkylation sites (tertiary alicyclic amines) is 2. The second-order valence-electron chi connectivity index (χ2n) is 22.1. The molecule has 3 fully saturated rings. The average molecular weight is 1170 g/mol. The van der Waals surface area contributed by atoms with Gasteiger partial charge in [0, 0.05) is 107 Å². The van der Waals surface area contributed by atoms with Crippen LogP contribution in [0.15, 0.2) is 41.5 Å². The Morgan fingerprint density at radius 2 is 1.54 bits per heavy atom. The number of imide groups is 1. The summed E-state index contributed by atoms with van der Waals surface area (Å²) in [4.78, 5) is 133. The molecule has 4 N–H and O–H groups in total. The number of amides is 7. The molecule has 82 heavy (non-hydrogen) atoms. The maximum Gasteiger partial charge on any atom is 0.327 e. The van der Waals surface area contributed by atoms with Crippen molar-refractivity contribution in [3.8, 4) is 0 Å². The monoisotopic (exact) mass is 1170 g/mol. The van der Waals surface area contributed by atoms with Crippen molar-refractivity contribution in [3.05, 3.63) is 47.8 Å². The van der Waals surface area contributed by atoms with E-state index in [1.54, 1.807) is 51.7 Å². The Morgan fingerprint density at radius 3 is 2.12 bits per heavy atom. The molecule has 3 aliphatic rings. The fourth-order valence-electron chi connectivity index (χ4n) is 10.9. The number of ether oxygens (including phenoxy) is 2. The maximum atomic E-state index is 14.9. The van der Waals surface area contributed by atoms with Gasteiger partial charge in [-0.15, -0.1) is 16.9 Å². The first-order valence-electron chi connectivity index (χ1n) is 28.2. The molecule has 1 unspecified atom stereocenters. The molecule has 0 radical (unpaired) electrons. The number of carboxylic acids is 2. The number of hydrogen-bond acceptors (Lipinski definition) is 15. The second kappa shape index (κ2) is 31.1. The SMILES string of the molecule is CC[C@H](C)[C@@H]([C@@H](CC(=O)N1CCC[C@H]1[C@H](OC)[C@@H](C)C(=O)N[C@@H](Cc1ccccc1)C(=O)O)OC)N(C)C(=O)[C@@H](/N=C(/N(C)C)N1CCN(C(=O)CCCn2cc(CN3C(=O)CC(SC[C@H](NC(C)=O)C(=O)O)C3=O)nn2)CC1)C(C)C. The van der Waals surface area contributed by atoms with Crippen LogP contribution in [0.25, 0.3) is 0 Å². The van der Waals surface area contributed by atoms with Gasteiger partial charge >= 0.3 is 11.9 Å². The molecular formula is C56H86N12O13S. The second-order valence-corrected chi connectivity index (χ2v) is 23.3. The fourth-order valence-corrected chi connectivity index (χ4v) is 12.1. The Balaban J connectivity index is 1.16. The van der Waals surface area contributed by atoms with Gasteiger partial charge in [0.05, 0.1) is 54.6 Å². The molecule has 5 rings (SSSR count). The van der Waals surface area contributed by atoms with Crippen LogP contribution in [0.1, 0.15) is 97.7 Å². The van der Waals surface area contributed by atoms with Crippen LogP contribution in [0.5, 0.6) is 0 Å². The van der Waals surface area contributed by atoms with Crippen LogP contribution < -0.4 is 10.6 Å². The van der Waals surface area contributed by atoms with Gasteiger partial charge < -0.3 is 54.8 Å². The Bertz CT molecular complexity index is 2560. The lowest BCUT2D eigenvalue weighted by molar-refractivity contribution is -0.147. The number of rotatable bonds is 29. The number of nitrogens with one attached hydrogen (secondary N) is 2. The lowest BCUT2D eigenvalue weighted by atomic mass is 9.89. The molecule has 1 aromatic carbocycles. The summed E-state index contributed by atoms with van der Waals surface area (Å²) < 4.78 is 13.6. The number of piperazine rings is 1. The number of methoxy groups -OCH3 is 2. The zero-order valence-electron chi connectivity index (χ0n) is 49.4. The highest BCUT2D eigenvalue weighted by atomic mass is 32.2. The Kier molecular flexibility index (Phi) is 25.1. The van der Waals surface area contributed by atoms with Crippen LogP contribution in [0.2, 0.25) is 0 Å². The van der Waals surface area contributed by atoms with Gasteiger partial charge in [-0.25, -0.2) is 14.6 Å². The molecule has 25 nitrogen and oxygen atoms in total. The van der Waals surface area contributed by atoms with Crippen molar-refractivity contribution in [1.82, 2.24) is 55.0 Å². The van der Waals surface area contributed by atoms with Gasteiger partial charge in [-0.3, -0.25) is 43.1 Å². The number of benzene rings is 1.